The Morgan fingerprint density at radius 2 is 2.25 bits per heavy atom. The lowest BCUT2D eigenvalue weighted by molar-refractivity contribution is 0.942. The fraction of sp³-hybridized carbons (Fsp3) is 0. The van der Waals surface area contributed by atoms with E-state index in [0.29, 0.717) is 0 Å². The molecule has 2 aromatic rings. The zero-order chi connectivity index (χ0) is 8.39. The molecule has 0 unspecified atom stereocenters. The molecule has 1 N–H and O–H groups in total. The molecular formula is C7H5IN4. The standard InChI is InChI=1S/C7H5IN4/c8-6-1-5(2-9-3-6)7-4-10-12-11-7/h1-4H,(H,10,11,12). The predicted octanol–water partition coefficient (Wildman–Crippen LogP) is 1.47. The van der Waals surface area contributed by atoms with Gasteiger partial charge >= 0.3 is 0 Å². The number of hydrogen-bond donors (Lipinski definition) is 1. The highest BCUT2D eigenvalue weighted by Crippen LogP contribution is 2.15. The minimum Gasteiger partial charge on any atom is -0.265 e. The zero-order valence-corrected chi connectivity index (χ0v) is 8.19. The van der Waals surface area contributed by atoms with Gasteiger partial charge in [0, 0.05) is 21.5 Å². The average Bonchev–Trinajstić information content (AvgIpc) is 2.56. The number of rotatable bonds is 1. The first-order chi connectivity index (χ1) is 5.86. The molecule has 0 atom stereocenters. The summed E-state index contributed by atoms with van der Waals surface area (Å²) in [6, 6.07) is 2.01. The SMILES string of the molecule is Ic1cncc(-c2c[nH]nn2)c1. The van der Waals surface area contributed by atoms with Crippen molar-refractivity contribution in [1.82, 2.24) is 20.4 Å². The van der Waals surface area contributed by atoms with Crippen LogP contribution in [-0.4, -0.2) is 20.4 Å². The van der Waals surface area contributed by atoms with E-state index >= 15 is 0 Å². The number of aromatic nitrogens is 4. The van der Waals surface area contributed by atoms with Gasteiger partial charge in [0.15, 0.2) is 0 Å². The third-order valence-electron chi connectivity index (χ3n) is 1.42. The van der Waals surface area contributed by atoms with Crippen LogP contribution in [0.3, 0.4) is 0 Å². The molecule has 0 aromatic carbocycles. The van der Waals surface area contributed by atoms with Gasteiger partial charge in [-0.05, 0) is 28.7 Å². The van der Waals surface area contributed by atoms with Crippen molar-refractivity contribution in [3.8, 4) is 11.3 Å². The lowest BCUT2D eigenvalue weighted by Crippen LogP contribution is -1.81. The summed E-state index contributed by atoms with van der Waals surface area (Å²) in [7, 11) is 0. The van der Waals surface area contributed by atoms with E-state index in [1.165, 1.54) is 0 Å². The minimum absolute atomic E-state index is 0.820. The second-order valence-electron chi connectivity index (χ2n) is 2.25. The van der Waals surface area contributed by atoms with Crippen molar-refractivity contribution in [1.29, 1.82) is 0 Å². The minimum atomic E-state index is 0.820. The highest BCUT2D eigenvalue weighted by Gasteiger charge is 2.00. The third-order valence-corrected chi connectivity index (χ3v) is 2.01. The van der Waals surface area contributed by atoms with Gasteiger partial charge in [0.2, 0.25) is 0 Å². The molecule has 0 amide bonds. The Morgan fingerprint density at radius 3 is 2.92 bits per heavy atom. The van der Waals surface area contributed by atoms with Crippen molar-refractivity contribution >= 4 is 22.6 Å². The summed E-state index contributed by atoms with van der Waals surface area (Å²) in [5, 5.41) is 10.2. The zero-order valence-electron chi connectivity index (χ0n) is 6.03. The number of nitrogens with one attached hydrogen (secondary N) is 1. The number of pyridine rings is 1. The molecule has 12 heavy (non-hydrogen) atoms. The lowest BCUT2D eigenvalue weighted by Gasteiger charge is -1.93. The highest BCUT2D eigenvalue weighted by molar-refractivity contribution is 14.1. The van der Waals surface area contributed by atoms with Crippen LogP contribution >= 0.6 is 22.6 Å². The van der Waals surface area contributed by atoms with Crippen molar-refractivity contribution in [3.63, 3.8) is 0 Å². The van der Waals surface area contributed by atoms with E-state index in [-0.39, 0.29) is 0 Å². The predicted molar refractivity (Wildman–Crippen MR) is 52.3 cm³/mol. The van der Waals surface area contributed by atoms with Crippen LogP contribution in [0.1, 0.15) is 0 Å². The van der Waals surface area contributed by atoms with Gasteiger partial charge in [-0.25, -0.2) is 0 Å². The van der Waals surface area contributed by atoms with Crippen molar-refractivity contribution < 1.29 is 0 Å². The van der Waals surface area contributed by atoms with Gasteiger partial charge in [-0.1, -0.05) is 5.21 Å². The normalized spacial score (nSPS) is 10.1. The van der Waals surface area contributed by atoms with E-state index in [4.69, 9.17) is 0 Å². The molecular weight excluding hydrogens is 267 g/mol. The quantitative estimate of drug-likeness (QED) is 0.800. The molecule has 5 heteroatoms. The first-order valence-electron chi connectivity index (χ1n) is 3.33. The van der Waals surface area contributed by atoms with Gasteiger partial charge in [-0.2, -0.15) is 0 Å². The molecule has 60 valence electrons. The van der Waals surface area contributed by atoms with Crippen molar-refractivity contribution in [2.24, 2.45) is 0 Å². The van der Waals surface area contributed by atoms with E-state index in [1.807, 2.05) is 6.07 Å². The van der Waals surface area contributed by atoms with E-state index in [2.05, 4.69) is 43.0 Å². The maximum absolute atomic E-state index is 4.05. The average molecular weight is 272 g/mol. The Hall–Kier alpha value is -0.980. The second-order valence-corrected chi connectivity index (χ2v) is 3.50. The summed E-state index contributed by atoms with van der Waals surface area (Å²) < 4.78 is 1.09. The molecule has 0 bridgehead atoms. The van der Waals surface area contributed by atoms with Crippen LogP contribution in [0.15, 0.2) is 24.7 Å². The summed E-state index contributed by atoms with van der Waals surface area (Å²) in [6.07, 6.45) is 5.30. The Labute approximate surface area is 82.6 Å². The first kappa shape index (κ1) is 7.66. The summed E-state index contributed by atoms with van der Waals surface area (Å²) >= 11 is 2.21. The molecule has 0 saturated carbocycles. The van der Waals surface area contributed by atoms with Crippen LogP contribution in [0.25, 0.3) is 11.3 Å². The van der Waals surface area contributed by atoms with E-state index in [1.54, 1.807) is 18.6 Å². The van der Waals surface area contributed by atoms with Crippen LogP contribution in [-0.2, 0) is 0 Å². The number of H-pyrrole nitrogens is 1. The summed E-state index contributed by atoms with van der Waals surface area (Å²) in [5.41, 5.74) is 1.80. The molecule has 4 nitrogen and oxygen atoms in total. The van der Waals surface area contributed by atoms with Gasteiger partial charge in [0.1, 0.15) is 5.69 Å². The van der Waals surface area contributed by atoms with Crippen molar-refractivity contribution in [3.05, 3.63) is 28.2 Å². The number of nitrogens with zero attached hydrogens (tertiary/aromatic N) is 3. The van der Waals surface area contributed by atoms with Gasteiger partial charge in [-0.15, -0.1) is 5.10 Å². The smallest absolute Gasteiger partial charge is 0.114 e. The second kappa shape index (κ2) is 3.18. The first-order valence-corrected chi connectivity index (χ1v) is 4.41. The van der Waals surface area contributed by atoms with Crippen molar-refractivity contribution in [2.75, 3.05) is 0 Å². The van der Waals surface area contributed by atoms with Crippen molar-refractivity contribution in [2.45, 2.75) is 0 Å². The number of halogens is 1. The number of hydrogen-bond acceptors (Lipinski definition) is 3. The van der Waals surface area contributed by atoms with E-state index < -0.39 is 0 Å². The van der Waals surface area contributed by atoms with Crippen LogP contribution in [0, 0.1) is 3.57 Å². The Morgan fingerprint density at radius 1 is 1.33 bits per heavy atom. The lowest BCUT2D eigenvalue weighted by atomic mass is 10.2. The van der Waals surface area contributed by atoms with Gasteiger partial charge in [0.05, 0.1) is 6.20 Å². The largest absolute Gasteiger partial charge is 0.265 e. The maximum Gasteiger partial charge on any atom is 0.114 e. The fourth-order valence-electron chi connectivity index (χ4n) is 0.895. The topological polar surface area (TPSA) is 54.5 Å². The molecule has 2 heterocycles. The van der Waals surface area contributed by atoms with Crippen LogP contribution in [0.4, 0.5) is 0 Å². The molecule has 0 fully saturated rings. The summed E-state index contributed by atoms with van der Waals surface area (Å²) in [6.45, 7) is 0. The highest BCUT2D eigenvalue weighted by atomic mass is 127. The third kappa shape index (κ3) is 1.45. The van der Waals surface area contributed by atoms with Gasteiger partial charge in [0.25, 0.3) is 0 Å². The molecule has 0 aliphatic rings. The molecule has 0 aliphatic carbocycles. The van der Waals surface area contributed by atoms with E-state index in [9.17, 15) is 0 Å². The molecule has 0 aliphatic heterocycles. The Bertz CT molecular complexity index is 371. The van der Waals surface area contributed by atoms with Gasteiger partial charge < -0.3 is 0 Å². The summed E-state index contributed by atoms with van der Waals surface area (Å²) in [5.74, 6) is 0. The van der Waals surface area contributed by atoms with Gasteiger partial charge in [-0.3, -0.25) is 10.1 Å². The van der Waals surface area contributed by atoms with Crippen LogP contribution in [0.5, 0.6) is 0 Å². The Kier molecular flexibility index (Phi) is 2.03. The molecule has 0 radical (unpaired) electrons. The van der Waals surface area contributed by atoms with E-state index in [0.717, 1.165) is 14.8 Å². The molecule has 2 rings (SSSR count). The molecule has 0 saturated heterocycles. The fourth-order valence-corrected chi connectivity index (χ4v) is 1.39. The Balaban J connectivity index is 2.48. The van der Waals surface area contributed by atoms with Crippen LogP contribution < -0.4 is 0 Å². The molecule has 2 aromatic heterocycles. The monoisotopic (exact) mass is 272 g/mol. The number of aromatic amines is 1. The van der Waals surface area contributed by atoms with Crippen LogP contribution in [0.2, 0.25) is 0 Å². The maximum atomic E-state index is 4.05. The summed E-state index contributed by atoms with van der Waals surface area (Å²) in [4.78, 5) is 4.05. The molecule has 0 spiro atoms.